The van der Waals surface area contributed by atoms with E-state index < -0.39 is 48.3 Å². The number of carbonyl (C=O) groups excluding carboxylic acids is 1. The second kappa shape index (κ2) is 25.0. The van der Waals surface area contributed by atoms with Crippen molar-refractivity contribution in [1.29, 1.82) is 0 Å². The number of sulfonamides is 2. The molecule has 3 heterocycles. The Morgan fingerprint density at radius 1 is 0.770 bits per heavy atom. The van der Waals surface area contributed by atoms with E-state index in [0.29, 0.717) is 46.0 Å². The molecule has 1 saturated heterocycles. The predicted octanol–water partition coefficient (Wildman–Crippen LogP) is 7.75. The fourth-order valence-corrected chi connectivity index (χ4v) is 12.0. The van der Waals surface area contributed by atoms with Gasteiger partial charge in [-0.3, -0.25) is 0 Å². The van der Waals surface area contributed by atoms with Gasteiger partial charge < -0.3 is 33.7 Å². The number of rotatable bonds is 23. The van der Waals surface area contributed by atoms with Crippen LogP contribution in [0.5, 0.6) is 17.2 Å². The smallest absolute Gasteiger partial charge is 0.407 e. The molecule has 2 aromatic heterocycles. The van der Waals surface area contributed by atoms with Crippen LogP contribution in [-0.4, -0.2) is 106 Å². The van der Waals surface area contributed by atoms with Crippen LogP contribution in [0, 0.1) is 0 Å². The first kappa shape index (κ1) is 53.5. The molecule has 0 radical (unpaired) electrons. The first-order valence-corrected chi connectivity index (χ1v) is 27.2. The Kier molecular flexibility index (Phi) is 18.0. The minimum Gasteiger partial charge on any atom is -0.497 e. The quantitative estimate of drug-likeness (QED) is 0.0585. The molecule has 74 heavy (non-hydrogen) atoms. The zero-order valence-electron chi connectivity index (χ0n) is 40.8. The standard InChI is InChI=1S/C52H55BrN8O11S2/c1-67-41-21-15-36(16-22-41)31-60(32-37-17-23-42(68-2)24-18-37)74(65,66)50-46(73(63,64)58-40(35-71-48-14-7-8-29-70-48)30-54-52(62)72-34-39-10-5-4-6-11-39)28-27-44(45-12-9-13-47(53)55-45)49(50)51-56-59-61(57-51)33-38-19-25-43(69-3)26-20-38/h4-6,9-13,15-28,40,48,58H,7-8,14,29-35H2,1-3H3,(H,54,62)/t40-,48?/m0/s1. The highest BCUT2D eigenvalue weighted by molar-refractivity contribution is 9.10. The maximum absolute atomic E-state index is 16.2. The number of aromatic nitrogens is 5. The van der Waals surface area contributed by atoms with Gasteiger partial charge in [-0.2, -0.15) is 9.10 Å². The molecule has 2 N–H and O–H groups in total. The summed E-state index contributed by atoms with van der Waals surface area (Å²) in [6, 6.07) is 36.5. The molecule has 0 saturated carbocycles. The van der Waals surface area contributed by atoms with Crippen molar-refractivity contribution in [3.05, 3.63) is 160 Å². The fourth-order valence-electron chi connectivity index (χ4n) is 8.02. The molecular formula is C52H55BrN8O11S2. The topological polar surface area (TPSA) is 225 Å². The number of ether oxygens (including phenoxy) is 6. The Bertz CT molecular complexity index is 3150. The van der Waals surface area contributed by atoms with Gasteiger partial charge in [0, 0.05) is 31.8 Å². The summed E-state index contributed by atoms with van der Waals surface area (Å²) in [5.41, 5.74) is 2.89. The molecule has 2 atom stereocenters. The van der Waals surface area contributed by atoms with Gasteiger partial charge in [-0.25, -0.2) is 31.3 Å². The molecule has 0 bridgehead atoms. The monoisotopic (exact) mass is 1110 g/mol. The van der Waals surface area contributed by atoms with Crippen LogP contribution in [0.15, 0.2) is 148 Å². The van der Waals surface area contributed by atoms with Crippen LogP contribution in [0.4, 0.5) is 4.79 Å². The summed E-state index contributed by atoms with van der Waals surface area (Å²) in [5, 5.41) is 16.1. The van der Waals surface area contributed by atoms with Gasteiger partial charge >= 0.3 is 6.09 Å². The molecule has 388 valence electrons. The lowest BCUT2D eigenvalue weighted by Gasteiger charge is -2.28. The second-order valence-corrected chi connectivity index (χ2v) is 21.4. The summed E-state index contributed by atoms with van der Waals surface area (Å²) in [5.74, 6) is 1.52. The minimum absolute atomic E-state index is 0.0407. The van der Waals surface area contributed by atoms with Gasteiger partial charge in [0.25, 0.3) is 0 Å². The molecule has 5 aromatic carbocycles. The summed E-state index contributed by atoms with van der Waals surface area (Å²) in [4.78, 5) is 17.8. The molecule has 0 aliphatic carbocycles. The Balaban J connectivity index is 1.28. The molecule has 1 unspecified atom stereocenters. The van der Waals surface area contributed by atoms with Crippen LogP contribution >= 0.6 is 15.9 Å². The van der Waals surface area contributed by atoms with Crippen molar-refractivity contribution >= 4 is 42.1 Å². The highest BCUT2D eigenvalue weighted by Gasteiger charge is 2.39. The highest BCUT2D eigenvalue weighted by atomic mass is 79.9. The van der Waals surface area contributed by atoms with Gasteiger partial charge in [0.1, 0.15) is 38.2 Å². The molecule has 1 aliphatic heterocycles. The SMILES string of the molecule is COc1ccc(CN(Cc2ccc(OC)cc2)S(=O)(=O)c2c(S(=O)(=O)N[C@@H](CNC(=O)OCc3ccccc3)COC3CCCCO3)ccc(-c3cccc(Br)n3)c2-c2nnn(Cc3ccc(OC)cc3)n2)cc1. The average Bonchev–Trinajstić information content (AvgIpc) is 3.89. The second-order valence-electron chi connectivity index (χ2n) is 17.0. The Labute approximate surface area is 438 Å². The number of hydrogen-bond donors (Lipinski definition) is 2. The van der Waals surface area contributed by atoms with Crippen LogP contribution in [-0.2, 0) is 60.5 Å². The minimum atomic E-state index is -5.00. The van der Waals surface area contributed by atoms with Crippen molar-refractivity contribution in [3.8, 4) is 39.9 Å². The van der Waals surface area contributed by atoms with Gasteiger partial charge in [-0.15, -0.1) is 10.2 Å². The van der Waals surface area contributed by atoms with Crippen molar-refractivity contribution in [1.82, 2.24) is 39.5 Å². The Hall–Kier alpha value is -6.79. The number of alkyl carbamates (subject to hydrolysis) is 1. The molecule has 7 aromatic rings. The first-order chi connectivity index (χ1) is 35.8. The zero-order valence-corrected chi connectivity index (χ0v) is 44.0. The normalized spacial score (nSPS) is 14.3. The van der Waals surface area contributed by atoms with E-state index in [0.717, 1.165) is 24.0 Å². The fraction of sp³-hybridized carbons (Fsp3) is 0.288. The summed E-state index contributed by atoms with van der Waals surface area (Å²) < 4.78 is 101. The van der Waals surface area contributed by atoms with Crippen LogP contribution < -0.4 is 24.2 Å². The van der Waals surface area contributed by atoms with E-state index in [4.69, 9.17) is 33.5 Å². The Morgan fingerprint density at radius 3 is 2.00 bits per heavy atom. The molecule has 1 amide bonds. The number of tetrazole rings is 1. The van der Waals surface area contributed by atoms with Crippen LogP contribution in [0.1, 0.15) is 41.5 Å². The van der Waals surface area contributed by atoms with E-state index in [1.807, 2.05) is 30.3 Å². The van der Waals surface area contributed by atoms with Crippen molar-refractivity contribution in [3.63, 3.8) is 0 Å². The first-order valence-electron chi connectivity index (χ1n) is 23.5. The molecule has 19 nitrogen and oxygen atoms in total. The number of benzene rings is 5. The predicted molar refractivity (Wildman–Crippen MR) is 277 cm³/mol. The third kappa shape index (κ3) is 13.9. The van der Waals surface area contributed by atoms with Gasteiger partial charge in [-0.05, 0) is 117 Å². The Morgan fingerprint density at radius 2 is 1.41 bits per heavy atom. The maximum atomic E-state index is 16.2. The largest absolute Gasteiger partial charge is 0.497 e. The molecule has 1 fully saturated rings. The number of carbonyl (C=O) groups is 1. The number of nitrogens with zero attached hydrogens (tertiary/aromatic N) is 6. The van der Waals surface area contributed by atoms with Crippen molar-refractivity contribution in [2.45, 2.75) is 67.6 Å². The lowest BCUT2D eigenvalue weighted by atomic mass is 10.0. The molecule has 0 spiro atoms. The van der Waals surface area contributed by atoms with Gasteiger partial charge in [0.05, 0.1) is 51.8 Å². The molecule has 8 rings (SSSR count). The van der Waals surface area contributed by atoms with E-state index in [1.165, 1.54) is 35.5 Å². The van der Waals surface area contributed by atoms with E-state index in [2.05, 4.69) is 41.3 Å². The average molecular weight is 1110 g/mol. The number of hydrogen-bond acceptors (Lipinski definition) is 15. The van der Waals surface area contributed by atoms with Crippen molar-refractivity contribution in [2.75, 3.05) is 41.1 Å². The summed E-state index contributed by atoms with van der Waals surface area (Å²) in [7, 11) is -5.34. The maximum Gasteiger partial charge on any atom is 0.407 e. The summed E-state index contributed by atoms with van der Waals surface area (Å²) in [6.45, 7) is -0.533. The summed E-state index contributed by atoms with van der Waals surface area (Å²) in [6.07, 6.45) is 0.772. The van der Waals surface area contributed by atoms with E-state index >= 15 is 16.8 Å². The lowest BCUT2D eigenvalue weighted by Crippen LogP contribution is -2.47. The van der Waals surface area contributed by atoms with Gasteiger partial charge in [-0.1, -0.05) is 78.9 Å². The van der Waals surface area contributed by atoms with Gasteiger partial charge in [0.2, 0.25) is 25.9 Å². The van der Waals surface area contributed by atoms with Crippen molar-refractivity contribution < 1.29 is 50.1 Å². The number of pyridine rings is 1. The van der Waals surface area contributed by atoms with Crippen LogP contribution in [0.2, 0.25) is 0 Å². The third-order valence-electron chi connectivity index (χ3n) is 11.8. The number of amides is 1. The lowest BCUT2D eigenvalue weighted by molar-refractivity contribution is -0.164. The third-order valence-corrected chi connectivity index (χ3v) is 15.9. The van der Waals surface area contributed by atoms with Crippen LogP contribution in [0.3, 0.4) is 0 Å². The van der Waals surface area contributed by atoms with Crippen LogP contribution in [0.25, 0.3) is 22.6 Å². The van der Waals surface area contributed by atoms with E-state index in [1.54, 1.807) is 98.1 Å². The molecule has 1 aliphatic rings. The number of nitrogens with one attached hydrogen (secondary N) is 2. The molecular weight excluding hydrogens is 1060 g/mol. The number of halogens is 1. The van der Waals surface area contributed by atoms with Gasteiger partial charge in [0.15, 0.2) is 6.29 Å². The van der Waals surface area contributed by atoms with E-state index in [-0.39, 0.29) is 62.0 Å². The molecule has 22 heteroatoms. The van der Waals surface area contributed by atoms with E-state index in [9.17, 15) is 4.79 Å². The highest BCUT2D eigenvalue weighted by Crippen LogP contribution is 2.41. The zero-order chi connectivity index (χ0) is 52.1. The summed E-state index contributed by atoms with van der Waals surface area (Å²) >= 11 is 3.45. The van der Waals surface area contributed by atoms with Crippen molar-refractivity contribution in [2.24, 2.45) is 0 Å². The number of methoxy groups -OCH3 is 3.